The largest absolute Gasteiger partial charge is 0.452 e. The first-order chi connectivity index (χ1) is 15.5. The Hall–Kier alpha value is -4.26. The normalized spacial score (nSPS) is 13.5. The van der Waals surface area contributed by atoms with Crippen molar-refractivity contribution in [1.82, 2.24) is 4.90 Å². The Labute approximate surface area is 184 Å². The van der Waals surface area contributed by atoms with Gasteiger partial charge in [-0.3, -0.25) is 19.3 Å². The zero-order chi connectivity index (χ0) is 22.7. The molecule has 7 nitrogen and oxygen atoms in total. The van der Waals surface area contributed by atoms with Gasteiger partial charge >= 0.3 is 5.97 Å². The van der Waals surface area contributed by atoms with Gasteiger partial charge < -0.3 is 10.1 Å². The second kappa shape index (κ2) is 8.85. The number of ether oxygens (including phenoxy) is 1. The van der Waals surface area contributed by atoms with Gasteiger partial charge in [-0.2, -0.15) is 0 Å². The Morgan fingerprint density at radius 3 is 2.19 bits per heavy atom. The van der Waals surface area contributed by atoms with Gasteiger partial charge in [0.05, 0.1) is 22.7 Å². The average molecular weight is 428 g/mol. The lowest BCUT2D eigenvalue weighted by Crippen LogP contribution is -2.32. The van der Waals surface area contributed by atoms with Crippen molar-refractivity contribution in [2.24, 2.45) is 0 Å². The van der Waals surface area contributed by atoms with Gasteiger partial charge in [-0.25, -0.2) is 4.79 Å². The average Bonchev–Trinajstić information content (AvgIpc) is 3.07. The van der Waals surface area contributed by atoms with E-state index in [-0.39, 0.29) is 16.7 Å². The van der Waals surface area contributed by atoms with Gasteiger partial charge in [0.15, 0.2) is 6.61 Å². The minimum Gasteiger partial charge on any atom is -0.452 e. The maximum absolute atomic E-state index is 13.0. The molecule has 1 atom stereocenters. The number of hydrogen-bond donors (Lipinski definition) is 1. The lowest BCUT2D eigenvalue weighted by atomic mass is 10.1. The Balaban J connectivity index is 1.45. The molecular weight excluding hydrogens is 408 g/mol. The monoisotopic (exact) mass is 428 g/mol. The molecule has 0 saturated heterocycles. The molecule has 32 heavy (non-hydrogen) atoms. The summed E-state index contributed by atoms with van der Waals surface area (Å²) in [6.45, 7) is 1.30. The van der Waals surface area contributed by atoms with Crippen LogP contribution in [0.5, 0.6) is 0 Å². The van der Waals surface area contributed by atoms with E-state index >= 15 is 0 Å². The van der Waals surface area contributed by atoms with E-state index in [1.165, 1.54) is 23.1 Å². The number of imide groups is 1. The Kier molecular flexibility index (Phi) is 5.81. The van der Waals surface area contributed by atoms with Crippen molar-refractivity contribution in [3.05, 3.63) is 101 Å². The van der Waals surface area contributed by atoms with Crippen LogP contribution >= 0.6 is 0 Å². The second-order valence-electron chi connectivity index (χ2n) is 7.32. The summed E-state index contributed by atoms with van der Waals surface area (Å²) in [6.07, 6.45) is 0. The van der Waals surface area contributed by atoms with Crippen LogP contribution in [-0.4, -0.2) is 35.2 Å². The number of para-hydroxylation sites is 1. The zero-order valence-electron chi connectivity index (χ0n) is 17.3. The Bertz CT molecular complexity index is 1190. The molecule has 4 rings (SSSR count). The van der Waals surface area contributed by atoms with E-state index in [0.717, 1.165) is 5.56 Å². The number of fused-ring (bicyclic) bond motifs is 1. The minimum atomic E-state index is -0.759. The van der Waals surface area contributed by atoms with Gasteiger partial charge in [0.1, 0.15) is 0 Å². The van der Waals surface area contributed by atoms with Crippen LogP contribution < -0.4 is 5.32 Å². The van der Waals surface area contributed by atoms with Gasteiger partial charge in [-0.05, 0) is 42.8 Å². The smallest absolute Gasteiger partial charge is 0.338 e. The third kappa shape index (κ3) is 4.13. The van der Waals surface area contributed by atoms with E-state index in [1.807, 2.05) is 36.4 Å². The van der Waals surface area contributed by atoms with Crippen LogP contribution in [0.1, 0.15) is 49.6 Å². The number of benzene rings is 3. The second-order valence-corrected chi connectivity index (χ2v) is 7.32. The predicted octanol–water partition coefficient (Wildman–Crippen LogP) is 3.84. The third-order valence-electron chi connectivity index (χ3n) is 5.21. The summed E-state index contributed by atoms with van der Waals surface area (Å²) in [7, 11) is 0. The highest BCUT2D eigenvalue weighted by Gasteiger charge is 2.39. The summed E-state index contributed by atoms with van der Waals surface area (Å²) in [4.78, 5) is 51.4. The molecule has 0 unspecified atom stereocenters. The molecule has 0 bridgehead atoms. The summed E-state index contributed by atoms with van der Waals surface area (Å²) in [5, 5.41) is 2.62. The molecule has 7 heteroatoms. The molecular formula is C25H20N2O5. The van der Waals surface area contributed by atoms with E-state index in [2.05, 4.69) is 5.32 Å². The maximum Gasteiger partial charge on any atom is 0.338 e. The summed E-state index contributed by atoms with van der Waals surface area (Å²) in [5.41, 5.74) is 1.87. The Morgan fingerprint density at radius 1 is 0.875 bits per heavy atom. The van der Waals surface area contributed by atoms with Crippen molar-refractivity contribution in [2.75, 3.05) is 11.9 Å². The highest BCUT2D eigenvalue weighted by Crippen LogP contribution is 2.31. The van der Waals surface area contributed by atoms with Crippen molar-refractivity contribution < 1.29 is 23.9 Å². The number of nitrogens with one attached hydrogen (secondary N) is 1. The molecule has 0 aromatic heterocycles. The van der Waals surface area contributed by atoms with Gasteiger partial charge in [-0.1, -0.05) is 48.5 Å². The lowest BCUT2D eigenvalue weighted by Gasteiger charge is -2.22. The number of hydrogen-bond acceptors (Lipinski definition) is 5. The molecule has 1 N–H and O–H groups in total. The summed E-state index contributed by atoms with van der Waals surface area (Å²) < 4.78 is 5.07. The number of rotatable bonds is 6. The topological polar surface area (TPSA) is 92.8 Å². The quantitative estimate of drug-likeness (QED) is 0.476. The van der Waals surface area contributed by atoms with Crippen molar-refractivity contribution in [2.45, 2.75) is 13.0 Å². The summed E-state index contributed by atoms with van der Waals surface area (Å²) in [5.74, 6) is -2.13. The number of anilines is 1. The molecule has 1 aliphatic heterocycles. The molecule has 0 aliphatic carbocycles. The molecule has 1 aliphatic rings. The van der Waals surface area contributed by atoms with Crippen LogP contribution in [0.2, 0.25) is 0 Å². The van der Waals surface area contributed by atoms with Gasteiger partial charge in [0.2, 0.25) is 0 Å². The van der Waals surface area contributed by atoms with Gasteiger partial charge in [0, 0.05) is 5.69 Å². The van der Waals surface area contributed by atoms with Crippen molar-refractivity contribution in [3.8, 4) is 0 Å². The standard InChI is InChI=1S/C25H20N2O5/c1-16(17-8-4-2-5-9-17)27-23(29)20-13-12-18(14-21(20)24(27)30)25(31)32-15-22(28)26-19-10-6-3-7-11-19/h2-14,16H,15H2,1H3,(H,26,28)/t16-/m1/s1. The number of esters is 1. The van der Waals surface area contributed by atoms with Gasteiger partial charge in [0.25, 0.3) is 17.7 Å². The maximum atomic E-state index is 13.0. The fourth-order valence-electron chi connectivity index (χ4n) is 3.55. The fourth-order valence-corrected chi connectivity index (χ4v) is 3.55. The molecule has 0 radical (unpaired) electrons. The van der Waals surface area contributed by atoms with Crippen LogP contribution in [0.3, 0.4) is 0 Å². The molecule has 0 saturated carbocycles. The first-order valence-corrected chi connectivity index (χ1v) is 10.0. The molecule has 3 aromatic rings. The summed E-state index contributed by atoms with van der Waals surface area (Å²) in [6, 6.07) is 21.7. The van der Waals surface area contributed by atoms with Crippen LogP contribution in [0, 0.1) is 0 Å². The van der Waals surface area contributed by atoms with Crippen LogP contribution in [0.15, 0.2) is 78.9 Å². The van der Waals surface area contributed by atoms with E-state index < -0.39 is 36.3 Å². The van der Waals surface area contributed by atoms with E-state index in [4.69, 9.17) is 4.74 Å². The SMILES string of the molecule is C[C@H](c1ccccc1)N1C(=O)c2ccc(C(=O)OCC(=O)Nc3ccccc3)cc2C1=O. The Morgan fingerprint density at radius 2 is 1.50 bits per heavy atom. The third-order valence-corrected chi connectivity index (χ3v) is 5.21. The van der Waals surface area contributed by atoms with Crippen LogP contribution in [0.25, 0.3) is 0 Å². The number of amides is 3. The number of nitrogens with zero attached hydrogens (tertiary/aromatic N) is 1. The fraction of sp³-hybridized carbons (Fsp3) is 0.120. The molecule has 1 heterocycles. The number of carbonyl (C=O) groups is 4. The van der Waals surface area contributed by atoms with Crippen molar-refractivity contribution in [1.29, 1.82) is 0 Å². The molecule has 160 valence electrons. The molecule has 3 aromatic carbocycles. The van der Waals surface area contributed by atoms with Crippen molar-refractivity contribution >= 4 is 29.4 Å². The van der Waals surface area contributed by atoms with E-state index in [0.29, 0.717) is 5.69 Å². The van der Waals surface area contributed by atoms with Crippen molar-refractivity contribution in [3.63, 3.8) is 0 Å². The number of carbonyl (C=O) groups excluding carboxylic acids is 4. The highest BCUT2D eigenvalue weighted by atomic mass is 16.5. The van der Waals surface area contributed by atoms with Gasteiger partial charge in [-0.15, -0.1) is 0 Å². The zero-order valence-corrected chi connectivity index (χ0v) is 17.3. The molecule has 3 amide bonds. The van der Waals surface area contributed by atoms with E-state index in [9.17, 15) is 19.2 Å². The highest BCUT2D eigenvalue weighted by molar-refractivity contribution is 6.22. The predicted molar refractivity (Wildman–Crippen MR) is 117 cm³/mol. The van der Waals surface area contributed by atoms with E-state index in [1.54, 1.807) is 31.2 Å². The van der Waals surface area contributed by atoms with Crippen LogP contribution in [-0.2, 0) is 9.53 Å². The molecule has 0 spiro atoms. The van der Waals surface area contributed by atoms with Crippen LogP contribution in [0.4, 0.5) is 5.69 Å². The summed E-state index contributed by atoms with van der Waals surface area (Å²) >= 11 is 0. The lowest BCUT2D eigenvalue weighted by molar-refractivity contribution is -0.119. The minimum absolute atomic E-state index is 0.0895. The molecule has 0 fully saturated rings. The first-order valence-electron chi connectivity index (χ1n) is 10.0. The first kappa shape index (κ1) is 21.0.